The fraction of sp³-hybridized carbons (Fsp3) is 0.350. The van der Waals surface area contributed by atoms with Gasteiger partial charge in [-0.25, -0.2) is 0 Å². The van der Waals surface area contributed by atoms with Gasteiger partial charge in [0.05, 0.1) is 5.75 Å². The van der Waals surface area contributed by atoms with Crippen molar-refractivity contribution in [3.63, 3.8) is 0 Å². The fourth-order valence-electron chi connectivity index (χ4n) is 3.77. The Hall–Kier alpha value is -1.65. The zero-order chi connectivity index (χ0) is 16.5. The summed E-state index contributed by atoms with van der Waals surface area (Å²) in [6, 6.07) is 12.5. The minimum Gasteiger partial charge on any atom is -0.398 e. The molecule has 2 N–H and O–H groups in total. The zero-order valence-corrected chi connectivity index (χ0v) is 15.8. The normalized spacial score (nSPS) is 15.3. The second kappa shape index (κ2) is 7.71. The summed E-state index contributed by atoms with van der Waals surface area (Å²) >= 11 is 1.64. The van der Waals surface area contributed by atoms with Gasteiger partial charge in [-0.2, -0.15) is 0 Å². The largest absolute Gasteiger partial charge is 0.398 e. The van der Waals surface area contributed by atoms with Crippen LogP contribution in [0.2, 0.25) is 0 Å². The van der Waals surface area contributed by atoms with Crippen molar-refractivity contribution in [1.29, 1.82) is 0 Å². The Morgan fingerprint density at radius 2 is 1.92 bits per heavy atom. The summed E-state index contributed by atoms with van der Waals surface area (Å²) in [5, 5.41) is 0. The number of nitrogen functional groups attached to an aromatic ring is 1. The number of anilines is 2. The molecule has 3 nitrogen and oxygen atoms in total. The lowest BCUT2D eigenvalue weighted by Crippen LogP contribution is -2.36. The number of nitrogens with zero attached hydrogens (tertiary/aromatic N) is 1. The van der Waals surface area contributed by atoms with E-state index in [0.29, 0.717) is 5.75 Å². The van der Waals surface area contributed by atoms with E-state index in [9.17, 15) is 4.79 Å². The van der Waals surface area contributed by atoms with Gasteiger partial charge in [0.1, 0.15) is 0 Å². The van der Waals surface area contributed by atoms with Crippen LogP contribution in [0, 0.1) is 0 Å². The first kappa shape index (κ1) is 18.2. The van der Waals surface area contributed by atoms with Gasteiger partial charge in [-0.1, -0.05) is 12.1 Å². The van der Waals surface area contributed by atoms with E-state index in [1.165, 1.54) is 35.3 Å². The Morgan fingerprint density at radius 3 is 2.80 bits per heavy atom. The van der Waals surface area contributed by atoms with E-state index >= 15 is 0 Å². The van der Waals surface area contributed by atoms with Gasteiger partial charge >= 0.3 is 0 Å². The highest BCUT2D eigenvalue weighted by atomic mass is 35.5. The fourth-order valence-corrected chi connectivity index (χ4v) is 4.61. The van der Waals surface area contributed by atoms with Gasteiger partial charge in [0, 0.05) is 22.8 Å². The summed E-state index contributed by atoms with van der Waals surface area (Å²) in [5.41, 5.74) is 11.9. The molecule has 0 bridgehead atoms. The Balaban J connectivity index is 0.00000182. The number of hydrogen-bond donors (Lipinski definition) is 1. The molecule has 2 aromatic carbocycles. The summed E-state index contributed by atoms with van der Waals surface area (Å²) < 4.78 is 0. The quantitative estimate of drug-likeness (QED) is 0.645. The third-order valence-electron chi connectivity index (χ3n) is 5.02. The Labute approximate surface area is 159 Å². The molecule has 0 spiro atoms. The number of benzene rings is 2. The molecule has 0 atom stereocenters. The average molecular weight is 375 g/mol. The molecule has 2 aromatic rings. The lowest BCUT2D eigenvalue weighted by Gasteiger charge is -2.30. The van der Waals surface area contributed by atoms with Crippen LogP contribution in [0.1, 0.15) is 29.5 Å². The number of hydrogen-bond acceptors (Lipinski definition) is 3. The van der Waals surface area contributed by atoms with E-state index in [2.05, 4.69) is 18.2 Å². The second-order valence-electron chi connectivity index (χ2n) is 6.57. The standard InChI is InChI=1S/C20H22N2OS.ClH/c21-18-7-2-8-19-17(18)6-3-11-22(19)20(23)13-24-16-10-9-14-4-1-5-15(14)12-16;/h2,7-10,12H,1,3-6,11,13,21H2;1H. The van der Waals surface area contributed by atoms with Crippen LogP contribution in [0.3, 0.4) is 0 Å². The summed E-state index contributed by atoms with van der Waals surface area (Å²) in [7, 11) is 0. The molecule has 0 unspecified atom stereocenters. The number of carbonyl (C=O) groups is 1. The SMILES string of the molecule is Cl.Nc1cccc2c1CCCN2C(=O)CSc1ccc2c(c1)CCC2. The number of aryl methyl sites for hydroxylation is 2. The van der Waals surface area contributed by atoms with Gasteiger partial charge < -0.3 is 10.6 Å². The molecule has 0 aromatic heterocycles. The number of amides is 1. The third-order valence-corrected chi connectivity index (χ3v) is 6.00. The minimum absolute atomic E-state index is 0. The maximum Gasteiger partial charge on any atom is 0.237 e. The number of carbonyl (C=O) groups excluding carboxylic acids is 1. The van der Waals surface area contributed by atoms with E-state index in [1.807, 2.05) is 23.1 Å². The van der Waals surface area contributed by atoms with Crippen molar-refractivity contribution in [3.8, 4) is 0 Å². The predicted octanol–water partition coefficient (Wildman–Crippen LogP) is 4.25. The summed E-state index contributed by atoms with van der Waals surface area (Å²) in [6.45, 7) is 0.792. The van der Waals surface area contributed by atoms with Gasteiger partial charge in [0.25, 0.3) is 0 Å². The van der Waals surface area contributed by atoms with Crippen LogP contribution in [0.5, 0.6) is 0 Å². The van der Waals surface area contributed by atoms with E-state index in [-0.39, 0.29) is 18.3 Å². The van der Waals surface area contributed by atoms with Crippen molar-refractivity contribution in [1.82, 2.24) is 0 Å². The lowest BCUT2D eigenvalue weighted by molar-refractivity contribution is -0.116. The summed E-state index contributed by atoms with van der Waals surface area (Å²) in [5.74, 6) is 0.652. The molecule has 0 radical (unpaired) electrons. The summed E-state index contributed by atoms with van der Waals surface area (Å²) in [6.07, 6.45) is 5.58. The molecule has 0 saturated carbocycles. The maximum atomic E-state index is 12.7. The first-order valence-corrected chi connectivity index (χ1v) is 9.63. The molecule has 1 aliphatic carbocycles. The smallest absolute Gasteiger partial charge is 0.237 e. The van der Waals surface area contributed by atoms with Crippen LogP contribution in [0.4, 0.5) is 11.4 Å². The monoisotopic (exact) mass is 374 g/mol. The van der Waals surface area contributed by atoms with E-state index in [4.69, 9.17) is 5.73 Å². The topological polar surface area (TPSA) is 46.3 Å². The van der Waals surface area contributed by atoms with Crippen LogP contribution in [-0.4, -0.2) is 18.2 Å². The highest BCUT2D eigenvalue weighted by Gasteiger charge is 2.23. The van der Waals surface area contributed by atoms with Gasteiger partial charge in [-0.15, -0.1) is 24.2 Å². The number of fused-ring (bicyclic) bond motifs is 2. The van der Waals surface area contributed by atoms with E-state index in [1.54, 1.807) is 11.8 Å². The van der Waals surface area contributed by atoms with Crippen LogP contribution in [-0.2, 0) is 24.1 Å². The molecule has 2 aliphatic rings. The van der Waals surface area contributed by atoms with Crippen molar-refractivity contribution in [2.24, 2.45) is 0 Å². The summed E-state index contributed by atoms with van der Waals surface area (Å²) in [4.78, 5) is 15.9. The van der Waals surface area contributed by atoms with Gasteiger partial charge in [0.2, 0.25) is 5.91 Å². The van der Waals surface area contributed by atoms with Crippen molar-refractivity contribution in [2.75, 3.05) is 22.9 Å². The molecule has 4 rings (SSSR count). The molecule has 132 valence electrons. The Morgan fingerprint density at radius 1 is 1.08 bits per heavy atom. The molecule has 0 saturated heterocycles. The zero-order valence-electron chi connectivity index (χ0n) is 14.2. The molecular weight excluding hydrogens is 352 g/mol. The maximum absolute atomic E-state index is 12.7. The lowest BCUT2D eigenvalue weighted by atomic mass is 10.00. The Bertz CT molecular complexity index is 793. The average Bonchev–Trinajstić information content (AvgIpc) is 3.07. The molecule has 1 amide bonds. The van der Waals surface area contributed by atoms with Crippen molar-refractivity contribution < 1.29 is 4.79 Å². The van der Waals surface area contributed by atoms with Crippen LogP contribution in [0.15, 0.2) is 41.3 Å². The van der Waals surface area contributed by atoms with Crippen LogP contribution in [0.25, 0.3) is 0 Å². The van der Waals surface area contributed by atoms with E-state index < -0.39 is 0 Å². The van der Waals surface area contributed by atoms with Crippen molar-refractivity contribution in [2.45, 2.75) is 37.0 Å². The predicted molar refractivity (Wildman–Crippen MR) is 108 cm³/mol. The van der Waals surface area contributed by atoms with Crippen molar-refractivity contribution in [3.05, 3.63) is 53.1 Å². The van der Waals surface area contributed by atoms with Gasteiger partial charge in [-0.05, 0) is 73.1 Å². The van der Waals surface area contributed by atoms with Gasteiger partial charge in [-0.3, -0.25) is 4.79 Å². The molecule has 25 heavy (non-hydrogen) atoms. The highest BCUT2D eigenvalue weighted by Crippen LogP contribution is 2.33. The highest BCUT2D eigenvalue weighted by molar-refractivity contribution is 8.00. The van der Waals surface area contributed by atoms with Gasteiger partial charge in [0.15, 0.2) is 0 Å². The second-order valence-corrected chi connectivity index (χ2v) is 7.62. The minimum atomic E-state index is 0. The number of halogens is 1. The number of rotatable bonds is 3. The molecule has 1 aliphatic heterocycles. The third kappa shape index (κ3) is 3.65. The number of thioether (sulfide) groups is 1. The van der Waals surface area contributed by atoms with Crippen LogP contribution >= 0.6 is 24.2 Å². The first-order chi connectivity index (χ1) is 11.7. The number of nitrogens with two attached hydrogens (primary N) is 1. The molecule has 5 heteroatoms. The Kier molecular flexibility index (Phi) is 5.60. The first-order valence-electron chi connectivity index (χ1n) is 8.65. The molecule has 0 fully saturated rings. The van der Waals surface area contributed by atoms with Crippen molar-refractivity contribution >= 4 is 41.5 Å². The van der Waals surface area contributed by atoms with Crippen LogP contribution < -0.4 is 10.6 Å². The van der Waals surface area contributed by atoms with E-state index in [0.717, 1.165) is 36.3 Å². The molecular formula is C20H23ClN2OS. The molecule has 1 heterocycles.